The fourth-order valence-corrected chi connectivity index (χ4v) is 3.62. The fraction of sp³-hybridized carbons (Fsp3) is 0.455. The summed E-state index contributed by atoms with van der Waals surface area (Å²) in [5, 5.41) is 17.4. The van der Waals surface area contributed by atoms with E-state index in [-0.39, 0.29) is 24.1 Å². The Morgan fingerprint density at radius 3 is 2.73 bits per heavy atom. The van der Waals surface area contributed by atoms with Crippen molar-refractivity contribution in [2.24, 2.45) is 0 Å². The maximum atomic E-state index is 13.5. The highest BCUT2D eigenvalue weighted by atomic mass is 19.1. The highest BCUT2D eigenvalue weighted by Crippen LogP contribution is 2.28. The molecule has 0 spiro atoms. The number of hydrogen-bond donors (Lipinski definition) is 1. The number of nitriles is 1. The zero-order chi connectivity index (χ0) is 24.3. The number of anilines is 1. The molecule has 1 aromatic heterocycles. The van der Waals surface area contributed by atoms with Gasteiger partial charge in [-0.2, -0.15) is 10.4 Å². The van der Waals surface area contributed by atoms with Crippen molar-refractivity contribution in [1.82, 2.24) is 24.6 Å². The van der Waals surface area contributed by atoms with Gasteiger partial charge >= 0.3 is 6.03 Å². The number of hydrogen-bond acceptors (Lipinski definition) is 6. The lowest BCUT2D eigenvalue weighted by atomic mass is 9.99. The van der Waals surface area contributed by atoms with Crippen LogP contribution in [0, 0.1) is 17.1 Å². The summed E-state index contributed by atoms with van der Waals surface area (Å²) in [6, 6.07) is 5.02. The molecule has 4 rings (SSSR count). The van der Waals surface area contributed by atoms with Crippen LogP contribution < -0.4 is 5.32 Å². The maximum absolute atomic E-state index is 13.5. The van der Waals surface area contributed by atoms with E-state index in [9.17, 15) is 14.0 Å². The Morgan fingerprint density at radius 1 is 1.36 bits per heavy atom. The van der Waals surface area contributed by atoms with Gasteiger partial charge in [0.25, 0.3) is 5.91 Å². The number of halogens is 1. The molecule has 0 fully saturated rings. The van der Waals surface area contributed by atoms with E-state index in [0.717, 1.165) is 11.8 Å². The molecule has 10 nitrogen and oxygen atoms in total. The molecule has 0 radical (unpaired) electrons. The topological polar surface area (TPSA) is 107 Å². The average molecular weight is 458 g/mol. The molecule has 1 N–H and O–H groups in total. The second-order valence-corrected chi connectivity index (χ2v) is 8.39. The van der Waals surface area contributed by atoms with Gasteiger partial charge in [-0.1, -0.05) is 0 Å². The fourth-order valence-electron chi connectivity index (χ4n) is 3.62. The van der Waals surface area contributed by atoms with E-state index >= 15 is 0 Å². The normalized spacial score (nSPS) is 17.4. The maximum Gasteiger partial charge on any atom is 0.322 e. The summed E-state index contributed by atoms with van der Waals surface area (Å²) in [4.78, 5) is 34.5. The van der Waals surface area contributed by atoms with Crippen molar-refractivity contribution in [3.05, 3.63) is 46.5 Å². The molecule has 33 heavy (non-hydrogen) atoms. The lowest BCUT2D eigenvalue weighted by Gasteiger charge is -2.33. The molecule has 0 bridgehead atoms. The second-order valence-electron chi connectivity index (χ2n) is 8.39. The molecule has 2 aromatic rings. The molecule has 2 aliphatic rings. The minimum Gasteiger partial charge on any atom is -0.317 e. The van der Waals surface area contributed by atoms with Gasteiger partial charge in [-0.3, -0.25) is 14.3 Å². The molecule has 0 unspecified atom stereocenters. The molecule has 0 saturated carbocycles. The molecule has 0 aliphatic carbocycles. The Balaban J connectivity index is 0.000000709. The van der Waals surface area contributed by atoms with E-state index < -0.39 is 11.8 Å². The Labute approximate surface area is 192 Å². The highest BCUT2D eigenvalue weighted by Gasteiger charge is 2.36. The molecular weight excluding hydrogens is 429 g/mol. The number of nitrogens with zero attached hydrogens (tertiary/aromatic N) is 6. The monoisotopic (exact) mass is 457 g/mol. The van der Waals surface area contributed by atoms with Crippen LogP contribution >= 0.6 is 0 Å². The van der Waals surface area contributed by atoms with E-state index in [1.807, 2.05) is 33.0 Å². The number of hydroxylamine groups is 2. The van der Waals surface area contributed by atoms with Gasteiger partial charge < -0.3 is 15.1 Å². The molecule has 1 atom stereocenters. The number of carbonyl (C=O) groups is 2. The summed E-state index contributed by atoms with van der Waals surface area (Å²) in [6.07, 6.45) is 0.507. The summed E-state index contributed by atoms with van der Waals surface area (Å²) < 4.78 is 15.2. The van der Waals surface area contributed by atoms with Crippen LogP contribution in [0.5, 0.6) is 0 Å². The summed E-state index contributed by atoms with van der Waals surface area (Å²) in [7, 11) is 7.55. The smallest absolute Gasteiger partial charge is 0.317 e. The van der Waals surface area contributed by atoms with Crippen molar-refractivity contribution >= 4 is 17.6 Å². The van der Waals surface area contributed by atoms with Crippen LogP contribution in [0.15, 0.2) is 18.2 Å². The number of carbonyl (C=O) groups excluding carboxylic acids is 2. The van der Waals surface area contributed by atoms with Crippen molar-refractivity contribution < 1.29 is 18.8 Å². The molecule has 2 aliphatic heterocycles. The molecule has 3 amide bonds. The van der Waals surface area contributed by atoms with Crippen LogP contribution in [-0.2, 0) is 24.3 Å². The number of benzene rings is 1. The first-order valence-electron chi connectivity index (χ1n) is 10.5. The van der Waals surface area contributed by atoms with E-state index in [2.05, 4.69) is 10.4 Å². The van der Waals surface area contributed by atoms with Gasteiger partial charge in [0.2, 0.25) is 0 Å². The quantitative estimate of drug-likeness (QED) is 0.703. The van der Waals surface area contributed by atoms with Gasteiger partial charge in [-0.05, 0) is 46.3 Å². The molecule has 176 valence electrons. The van der Waals surface area contributed by atoms with Gasteiger partial charge in [0.05, 0.1) is 31.0 Å². The van der Waals surface area contributed by atoms with Gasteiger partial charge in [-0.25, -0.2) is 14.2 Å². The Kier molecular flexibility index (Phi) is 7.30. The third-order valence-corrected chi connectivity index (χ3v) is 5.16. The first-order valence-corrected chi connectivity index (χ1v) is 10.5. The number of fused-ring (bicyclic) bond motifs is 3. The van der Waals surface area contributed by atoms with Crippen LogP contribution in [0.25, 0.3) is 0 Å². The van der Waals surface area contributed by atoms with Crippen molar-refractivity contribution in [2.75, 3.05) is 40.1 Å². The summed E-state index contributed by atoms with van der Waals surface area (Å²) in [5.41, 5.74) is 2.11. The van der Waals surface area contributed by atoms with Crippen LogP contribution in [0.1, 0.15) is 34.2 Å². The summed E-state index contributed by atoms with van der Waals surface area (Å²) in [6.45, 7) is 2.89. The van der Waals surface area contributed by atoms with Gasteiger partial charge in [0.1, 0.15) is 17.6 Å². The second kappa shape index (κ2) is 9.97. The van der Waals surface area contributed by atoms with Crippen LogP contribution in [-0.4, -0.2) is 77.4 Å². The third-order valence-electron chi connectivity index (χ3n) is 5.16. The zero-order valence-electron chi connectivity index (χ0n) is 19.4. The minimum absolute atomic E-state index is 0.146. The molecule has 1 aromatic carbocycles. The Hall–Kier alpha value is -3.49. The van der Waals surface area contributed by atoms with Crippen LogP contribution in [0.3, 0.4) is 0 Å². The van der Waals surface area contributed by atoms with E-state index in [1.165, 1.54) is 17.2 Å². The Morgan fingerprint density at radius 2 is 2.06 bits per heavy atom. The largest absolute Gasteiger partial charge is 0.322 e. The number of amides is 3. The summed E-state index contributed by atoms with van der Waals surface area (Å²) >= 11 is 0. The van der Waals surface area contributed by atoms with Crippen molar-refractivity contribution in [3.8, 4) is 6.07 Å². The zero-order valence-corrected chi connectivity index (χ0v) is 19.4. The molecule has 3 heterocycles. The number of urea groups is 1. The average Bonchev–Trinajstić information content (AvgIpc) is 3.03. The van der Waals surface area contributed by atoms with Gasteiger partial charge in [-0.15, -0.1) is 0 Å². The van der Waals surface area contributed by atoms with Gasteiger partial charge in [0.15, 0.2) is 0 Å². The van der Waals surface area contributed by atoms with E-state index in [0.29, 0.717) is 36.5 Å². The van der Waals surface area contributed by atoms with Crippen molar-refractivity contribution in [2.45, 2.75) is 32.5 Å². The number of nitrogens with one attached hydrogen (secondary N) is 1. The Bertz CT molecular complexity index is 1090. The van der Waals surface area contributed by atoms with Gasteiger partial charge in [0, 0.05) is 30.8 Å². The van der Waals surface area contributed by atoms with E-state index in [4.69, 9.17) is 10.1 Å². The predicted molar refractivity (Wildman–Crippen MR) is 119 cm³/mol. The standard InChI is InChI=1S/C19H19FN6O3.C3H9N/c1-11-7-16-14(17-18(27)24(2)29-6-5-26(17)23-16)10-25(11)19(28)22-13-3-4-15(20)12(8-13)9-21;1-4(2)3/h3-4,8,11H,5-7,10H2,1-2H3,(H,22,28);1-3H3/t11-;/m1./s1. The van der Waals surface area contributed by atoms with Crippen molar-refractivity contribution in [3.63, 3.8) is 0 Å². The lowest BCUT2D eigenvalue weighted by Crippen LogP contribution is -2.45. The van der Waals surface area contributed by atoms with Crippen LogP contribution in [0.4, 0.5) is 14.9 Å². The first-order chi connectivity index (χ1) is 15.6. The number of rotatable bonds is 1. The first kappa shape index (κ1) is 24.2. The van der Waals surface area contributed by atoms with Crippen LogP contribution in [0.2, 0.25) is 0 Å². The highest BCUT2D eigenvalue weighted by molar-refractivity contribution is 5.94. The lowest BCUT2D eigenvalue weighted by molar-refractivity contribution is -0.103. The minimum atomic E-state index is -0.645. The van der Waals surface area contributed by atoms with Crippen molar-refractivity contribution in [1.29, 1.82) is 5.26 Å². The van der Waals surface area contributed by atoms with E-state index in [1.54, 1.807) is 22.7 Å². The predicted octanol–water partition coefficient (Wildman–Crippen LogP) is 2.07. The molecule has 11 heteroatoms. The SMILES string of the molecule is CN(C)C.C[C@@H]1Cc2nn3c(c2CN1C(=O)Nc1ccc(F)c(C#N)c1)C(=O)N(C)OCC3. The molecular formula is C22H28FN7O3. The number of aromatic nitrogens is 2. The molecule has 0 saturated heterocycles. The summed E-state index contributed by atoms with van der Waals surface area (Å²) in [5.74, 6) is -0.947. The third kappa shape index (κ3) is 5.30.